The van der Waals surface area contributed by atoms with E-state index in [9.17, 15) is 14.4 Å². The fraction of sp³-hybridized carbons (Fsp3) is 0.226. The number of carbonyl (C=O) groups excluding carboxylic acids is 2. The first-order valence-corrected chi connectivity index (χ1v) is 13.8. The second-order valence-electron chi connectivity index (χ2n) is 9.15. The summed E-state index contributed by atoms with van der Waals surface area (Å²) in [5.74, 6) is 0.759. The Morgan fingerprint density at radius 3 is 2.55 bits per heavy atom. The second kappa shape index (κ2) is 11.9. The Morgan fingerprint density at radius 1 is 1.05 bits per heavy atom. The summed E-state index contributed by atoms with van der Waals surface area (Å²) in [7, 11) is 4.36. The van der Waals surface area contributed by atoms with Crippen molar-refractivity contribution in [2.75, 3.05) is 27.9 Å². The lowest BCUT2D eigenvalue weighted by atomic mass is 9.95. The van der Waals surface area contributed by atoms with Crippen molar-refractivity contribution < 1.29 is 33.0 Å². The summed E-state index contributed by atoms with van der Waals surface area (Å²) in [6.07, 6.45) is 1.61. The van der Waals surface area contributed by atoms with Crippen LogP contribution < -0.4 is 24.4 Å². The van der Waals surface area contributed by atoms with E-state index in [2.05, 4.69) is 4.99 Å². The van der Waals surface area contributed by atoms with Crippen molar-refractivity contribution >= 4 is 29.4 Å². The molecule has 2 aromatic heterocycles. The van der Waals surface area contributed by atoms with Gasteiger partial charge in [0.2, 0.25) is 0 Å². The molecule has 0 fully saturated rings. The summed E-state index contributed by atoms with van der Waals surface area (Å²) in [6, 6.07) is 14.7. The van der Waals surface area contributed by atoms with Gasteiger partial charge in [0.1, 0.15) is 29.1 Å². The predicted octanol–water partition coefficient (Wildman–Crippen LogP) is 3.86. The minimum absolute atomic E-state index is 0.155. The molecule has 42 heavy (non-hydrogen) atoms. The molecule has 4 aromatic rings. The fourth-order valence-electron chi connectivity index (χ4n) is 4.83. The van der Waals surface area contributed by atoms with Gasteiger partial charge in [-0.3, -0.25) is 9.36 Å². The molecule has 0 saturated heterocycles. The predicted molar refractivity (Wildman–Crippen MR) is 155 cm³/mol. The van der Waals surface area contributed by atoms with Gasteiger partial charge in [-0.25, -0.2) is 14.6 Å². The van der Waals surface area contributed by atoms with Crippen molar-refractivity contribution in [2.45, 2.75) is 19.9 Å². The molecule has 0 radical (unpaired) electrons. The Bertz CT molecular complexity index is 1900. The lowest BCUT2D eigenvalue weighted by molar-refractivity contribution is -0.139. The van der Waals surface area contributed by atoms with E-state index < -0.39 is 18.0 Å². The fourth-order valence-corrected chi connectivity index (χ4v) is 5.86. The van der Waals surface area contributed by atoms with Crippen LogP contribution in [0.1, 0.15) is 41.6 Å². The first kappa shape index (κ1) is 28.6. The number of allylic oxidation sites excluding steroid dienone is 1. The van der Waals surface area contributed by atoms with E-state index >= 15 is 0 Å². The zero-order valence-corrected chi connectivity index (χ0v) is 24.4. The van der Waals surface area contributed by atoms with Gasteiger partial charge >= 0.3 is 11.9 Å². The van der Waals surface area contributed by atoms with Gasteiger partial charge < -0.3 is 23.4 Å². The number of thiazole rings is 1. The highest BCUT2D eigenvalue weighted by Crippen LogP contribution is 2.38. The Kier molecular flexibility index (Phi) is 8.12. The van der Waals surface area contributed by atoms with E-state index in [0.717, 1.165) is 11.3 Å². The molecule has 2 aromatic carbocycles. The van der Waals surface area contributed by atoms with Crippen molar-refractivity contribution in [3.63, 3.8) is 0 Å². The molecule has 1 aliphatic rings. The van der Waals surface area contributed by atoms with Gasteiger partial charge in [-0.15, -0.1) is 0 Å². The third kappa shape index (κ3) is 5.14. The van der Waals surface area contributed by atoms with Gasteiger partial charge in [0.15, 0.2) is 4.80 Å². The molecule has 3 heterocycles. The van der Waals surface area contributed by atoms with Gasteiger partial charge in [0.05, 0.1) is 49.3 Å². The van der Waals surface area contributed by atoms with Crippen LogP contribution in [0, 0.1) is 0 Å². The number of hydrogen-bond donors (Lipinski definition) is 0. The summed E-state index contributed by atoms with van der Waals surface area (Å²) < 4.78 is 29.2. The van der Waals surface area contributed by atoms with E-state index in [4.69, 9.17) is 23.4 Å². The maximum Gasteiger partial charge on any atom is 0.338 e. The maximum absolute atomic E-state index is 14.0. The number of furan rings is 1. The molecule has 216 valence electrons. The normalized spacial score (nSPS) is 14.7. The van der Waals surface area contributed by atoms with Crippen molar-refractivity contribution in [3.8, 4) is 22.8 Å². The van der Waals surface area contributed by atoms with Crippen LogP contribution in [-0.2, 0) is 14.3 Å². The van der Waals surface area contributed by atoms with Crippen LogP contribution in [-0.4, -0.2) is 44.4 Å². The molecule has 1 unspecified atom stereocenters. The highest BCUT2D eigenvalue weighted by Gasteiger charge is 2.35. The van der Waals surface area contributed by atoms with Crippen molar-refractivity contribution in [3.05, 3.63) is 102 Å². The van der Waals surface area contributed by atoms with Crippen molar-refractivity contribution in [1.29, 1.82) is 0 Å². The SMILES string of the molecule is CCOC(=O)C1=C(C)N=c2s/c(=C/c3ccc(-c4ccccc4C(=O)OC)o3)c(=O)n2C1c1cc(OC)ccc1OC. The minimum Gasteiger partial charge on any atom is -0.497 e. The lowest BCUT2D eigenvalue weighted by Crippen LogP contribution is -2.40. The van der Waals surface area contributed by atoms with Crippen LogP contribution in [0.5, 0.6) is 11.5 Å². The van der Waals surface area contributed by atoms with Gasteiger partial charge in [-0.05, 0) is 50.2 Å². The van der Waals surface area contributed by atoms with E-state index in [1.165, 1.54) is 25.9 Å². The van der Waals surface area contributed by atoms with Crippen LogP contribution in [0.4, 0.5) is 0 Å². The Hall–Kier alpha value is -4.90. The molecular formula is C31H28N2O8S. The number of esters is 2. The molecule has 10 nitrogen and oxygen atoms in total. The summed E-state index contributed by atoms with van der Waals surface area (Å²) in [5, 5.41) is 0. The topological polar surface area (TPSA) is 119 Å². The first-order chi connectivity index (χ1) is 20.3. The van der Waals surface area contributed by atoms with Gasteiger partial charge in [0.25, 0.3) is 5.56 Å². The van der Waals surface area contributed by atoms with Gasteiger partial charge in [-0.1, -0.05) is 29.5 Å². The van der Waals surface area contributed by atoms with Gasteiger partial charge in [0, 0.05) is 17.2 Å². The van der Waals surface area contributed by atoms with Gasteiger partial charge in [-0.2, -0.15) is 0 Å². The van der Waals surface area contributed by atoms with E-state index in [0.29, 0.717) is 54.7 Å². The molecule has 0 spiro atoms. The largest absolute Gasteiger partial charge is 0.497 e. The van der Waals surface area contributed by atoms with Crippen LogP contribution in [0.2, 0.25) is 0 Å². The van der Waals surface area contributed by atoms with E-state index in [-0.39, 0.29) is 17.7 Å². The Labute approximate surface area is 244 Å². The number of hydrogen-bond acceptors (Lipinski definition) is 10. The number of rotatable bonds is 8. The average molecular weight is 589 g/mol. The molecule has 0 N–H and O–H groups in total. The molecule has 1 aliphatic heterocycles. The number of nitrogens with zero attached hydrogens (tertiary/aromatic N) is 2. The number of aromatic nitrogens is 1. The number of fused-ring (bicyclic) bond motifs is 1. The quantitative estimate of drug-likeness (QED) is 0.285. The van der Waals surface area contributed by atoms with Crippen LogP contribution in [0.25, 0.3) is 17.4 Å². The zero-order chi connectivity index (χ0) is 30.0. The third-order valence-electron chi connectivity index (χ3n) is 6.75. The van der Waals surface area contributed by atoms with Crippen molar-refractivity contribution in [1.82, 2.24) is 4.57 Å². The molecule has 0 amide bonds. The molecule has 11 heteroatoms. The zero-order valence-electron chi connectivity index (χ0n) is 23.6. The minimum atomic E-state index is -0.883. The molecule has 1 atom stereocenters. The highest BCUT2D eigenvalue weighted by atomic mass is 32.1. The number of methoxy groups -OCH3 is 3. The number of ether oxygens (including phenoxy) is 4. The smallest absolute Gasteiger partial charge is 0.338 e. The molecule has 5 rings (SSSR count). The van der Waals surface area contributed by atoms with Crippen LogP contribution in [0.15, 0.2) is 80.1 Å². The molecule has 0 saturated carbocycles. The second-order valence-corrected chi connectivity index (χ2v) is 10.2. The standard InChI is InChI=1S/C31H28N2O8S/c1-6-40-30(36)26-17(2)32-31-33(27(26)22-15-18(37-3)11-13-23(22)38-4)28(34)25(42-31)16-19-12-14-24(41-19)20-9-7-8-10-21(20)29(35)39-5/h7-16,27H,6H2,1-5H3/b25-16+. The highest BCUT2D eigenvalue weighted by molar-refractivity contribution is 7.07. The molecule has 0 aliphatic carbocycles. The average Bonchev–Trinajstić information content (AvgIpc) is 3.59. The molecule has 0 bridgehead atoms. The number of benzene rings is 2. The summed E-state index contributed by atoms with van der Waals surface area (Å²) >= 11 is 1.16. The summed E-state index contributed by atoms with van der Waals surface area (Å²) in [5.41, 5.74) is 1.73. The summed E-state index contributed by atoms with van der Waals surface area (Å²) in [4.78, 5) is 44.5. The first-order valence-electron chi connectivity index (χ1n) is 13.0. The maximum atomic E-state index is 14.0. The van der Waals surface area contributed by atoms with Crippen LogP contribution in [0.3, 0.4) is 0 Å². The molecular weight excluding hydrogens is 560 g/mol. The Morgan fingerprint density at radius 2 is 1.83 bits per heavy atom. The van der Waals surface area contributed by atoms with E-state index in [1.807, 2.05) is 0 Å². The van der Waals surface area contributed by atoms with E-state index in [1.54, 1.807) is 74.5 Å². The van der Waals surface area contributed by atoms with Crippen molar-refractivity contribution in [2.24, 2.45) is 4.99 Å². The number of carbonyl (C=O) groups is 2. The lowest BCUT2D eigenvalue weighted by Gasteiger charge is -2.26. The Balaban J connectivity index is 1.67. The monoisotopic (exact) mass is 588 g/mol. The van der Waals surface area contributed by atoms with Crippen LogP contribution >= 0.6 is 11.3 Å². The summed E-state index contributed by atoms with van der Waals surface area (Å²) in [6.45, 7) is 3.58. The third-order valence-corrected chi connectivity index (χ3v) is 7.73.